The highest BCUT2D eigenvalue weighted by molar-refractivity contribution is 5.90. The minimum atomic E-state index is -1.23. The molecule has 0 radical (unpaired) electrons. The van der Waals surface area contributed by atoms with Crippen LogP contribution in [0.4, 0.5) is 0 Å². The molecule has 1 aliphatic heterocycles. The smallest absolute Gasteiger partial charge is 0.317 e. The van der Waals surface area contributed by atoms with Gasteiger partial charge in [0.1, 0.15) is 24.2 Å². The molecule has 4 aliphatic carbocycles. The minimum absolute atomic E-state index is 0.140. The lowest BCUT2D eigenvalue weighted by Gasteiger charge is -2.71. The van der Waals surface area contributed by atoms with E-state index in [-0.39, 0.29) is 57.6 Å². The van der Waals surface area contributed by atoms with Crippen LogP contribution in [0.5, 0.6) is 0 Å². The van der Waals surface area contributed by atoms with Gasteiger partial charge in [-0.2, -0.15) is 0 Å². The minimum Gasteiger partial charge on any atom is -0.481 e. The van der Waals surface area contributed by atoms with Crippen molar-refractivity contribution in [1.82, 2.24) is 0 Å². The molecule has 11 atom stereocenters. The van der Waals surface area contributed by atoms with Gasteiger partial charge in [0.25, 0.3) is 0 Å². The molecule has 44 heavy (non-hydrogen) atoms. The molecule has 0 aromatic heterocycles. The highest BCUT2D eigenvalue weighted by Gasteiger charge is 2.76. The van der Waals surface area contributed by atoms with Crippen LogP contribution in [0.3, 0.4) is 0 Å². The number of hydrogen-bond donors (Lipinski definition) is 3. The number of aliphatic hydroxyl groups is 2. The Labute approximate surface area is 262 Å². The summed E-state index contributed by atoms with van der Waals surface area (Å²) >= 11 is 0. The first-order valence-electron chi connectivity index (χ1n) is 16.8. The fourth-order valence-corrected chi connectivity index (χ4v) is 11.9. The Balaban J connectivity index is 1.51. The van der Waals surface area contributed by atoms with Crippen LogP contribution in [-0.4, -0.2) is 68.3 Å². The van der Waals surface area contributed by atoms with Crippen LogP contribution in [0.15, 0.2) is 0 Å². The summed E-state index contributed by atoms with van der Waals surface area (Å²) in [4.78, 5) is 36.2. The maximum absolute atomic E-state index is 12.9. The van der Waals surface area contributed by atoms with E-state index in [1.807, 2.05) is 6.92 Å². The van der Waals surface area contributed by atoms with Crippen molar-refractivity contribution in [2.75, 3.05) is 0 Å². The number of fused-ring (bicyclic) bond motifs is 5. The second kappa shape index (κ2) is 10.4. The molecule has 1 saturated heterocycles. The zero-order chi connectivity index (χ0) is 32.9. The van der Waals surface area contributed by atoms with Crippen molar-refractivity contribution < 1.29 is 43.9 Å². The van der Waals surface area contributed by atoms with Gasteiger partial charge in [0, 0.05) is 18.3 Å². The fourth-order valence-electron chi connectivity index (χ4n) is 11.9. The Morgan fingerprint density at radius 1 is 0.864 bits per heavy atom. The number of hydrogen-bond acceptors (Lipinski definition) is 8. The van der Waals surface area contributed by atoms with Gasteiger partial charge in [0.15, 0.2) is 0 Å². The average Bonchev–Trinajstić information content (AvgIpc) is 3.42. The normalized spacial score (nSPS) is 48.1. The number of esters is 2. The summed E-state index contributed by atoms with van der Waals surface area (Å²) in [5, 5.41) is 32.8. The number of ether oxygens (including phenoxy) is 3. The molecule has 9 heteroatoms. The second-order valence-corrected chi connectivity index (χ2v) is 17.2. The monoisotopic (exact) mass is 620 g/mol. The largest absolute Gasteiger partial charge is 0.481 e. The summed E-state index contributed by atoms with van der Waals surface area (Å²) in [6.07, 6.45) is 4.65. The zero-order valence-electron chi connectivity index (χ0n) is 28.3. The molecule has 4 saturated carbocycles. The van der Waals surface area contributed by atoms with Gasteiger partial charge < -0.3 is 29.5 Å². The van der Waals surface area contributed by atoms with Gasteiger partial charge in [0.2, 0.25) is 0 Å². The third-order valence-corrected chi connectivity index (χ3v) is 14.2. The van der Waals surface area contributed by atoms with Gasteiger partial charge in [-0.1, -0.05) is 34.6 Å². The van der Waals surface area contributed by atoms with Gasteiger partial charge in [-0.25, -0.2) is 0 Å². The average molecular weight is 621 g/mol. The maximum atomic E-state index is 12.9. The zero-order valence-corrected chi connectivity index (χ0v) is 28.3. The van der Waals surface area contributed by atoms with Crippen molar-refractivity contribution in [3.63, 3.8) is 0 Å². The number of carboxylic acid groups (broad SMARTS) is 1. The summed E-state index contributed by atoms with van der Waals surface area (Å²) in [6, 6.07) is 0. The molecule has 0 aromatic rings. The molecule has 3 N–H and O–H groups in total. The first-order chi connectivity index (χ1) is 20.0. The van der Waals surface area contributed by atoms with Crippen molar-refractivity contribution in [3.05, 3.63) is 0 Å². The first-order valence-corrected chi connectivity index (χ1v) is 16.8. The van der Waals surface area contributed by atoms with Crippen LogP contribution in [0.2, 0.25) is 0 Å². The number of carbonyl (C=O) groups is 3. The maximum Gasteiger partial charge on any atom is 0.317 e. The lowest BCUT2D eigenvalue weighted by atomic mass is 9.35. The van der Waals surface area contributed by atoms with E-state index in [0.29, 0.717) is 32.1 Å². The Morgan fingerprint density at radius 2 is 1.52 bits per heavy atom. The van der Waals surface area contributed by atoms with E-state index in [2.05, 4.69) is 34.6 Å². The number of carboxylic acids is 1. The van der Waals surface area contributed by atoms with E-state index >= 15 is 0 Å². The molecule has 0 unspecified atom stereocenters. The molecule has 5 rings (SSSR count). The van der Waals surface area contributed by atoms with E-state index in [1.165, 1.54) is 6.92 Å². The van der Waals surface area contributed by atoms with Gasteiger partial charge >= 0.3 is 17.9 Å². The molecule has 0 bridgehead atoms. The lowest BCUT2D eigenvalue weighted by molar-refractivity contribution is -0.280. The number of rotatable bonds is 6. The van der Waals surface area contributed by atoms with Gasteiger partial charge in [0.05, 0.1) is 17.3 Å². The Morgan fingerprint density at radius 3 is 2.09 bits per heavy atom. The van der Waals surface area contributed by atoms with Gasteiger partial charge in [-0.3, -0.25) is 14.4 Å². The molecule has 1 heterocycles. The second-order valence-electron chi connectivity index (χ2n) is 17.2. The van der Waals surface area contributed by atoms with Crippen molar-refractivity contribution in [2.24, 2.45) is 39.4 Å². The molecule has 0 spiro atoms. The van der Waals surface area contributed by atoms with E-state index < -0.39 is 41.3 Å². The molecular weight excluding hydrogens is 564 g/mol. The quantitative estimate of drug-likeness (QED) is 0.262. The van der Waals surface area contributed by atoms with E-state index in [9.17, 15) is 24.6 Å². The Kier molecular flexibility index (Phi) is 7.95. The molecule has 5 aliphatic rings. The van der Waals surface area contributed by atoms with Gasteiger partial charge in [-0.05, 0) is 107 Å². The third-order valence-electron chi connectivity index (χ3n) is 14.2. The number of carbonyl (C=O) groups excluding carboxylic acids is 2. The first kappa shape index (κ1) is 33.6. The van der Waals surface area contributed by atoms with E-state index in [4.69, 9.17) is 19.3 Å². The summed E-state index contributed by atoms with van der Waals surface area (Å²) in [5.74, 6) is -2.15. The van der Waals surface area contributed by atoms with Crippen LogP contribution in [-0.2, 0) is 28.6 Å². The standard InChI is InChI=1S/C35H56O9/c1-20(36)42-21-18-23-31(6)13-11-24(43-27(39)19-26(37)38)29(2,3)22(31)10-14-32(23,7)33(8)16-17-35(41,28(21)33)34(9)15-12-25(44-34)30(4,5)40/h21-25,28,40-41H,10-19H2,1-9H3,(H,37,38)/t21-,22+,23-,24+,25+,28+,31+,32-,33-,34+,35-/m1/s1. The summed E-state index contributed by atoms with van der Waals surface area (Å²) in [5.41, 5.74) is -4.16. The van der Waals surface area contributed by atoms with Crippen molar-refractivity contribution in [2.45, 2.75) is 162 Å². The topological polar surface area (TPSA) is 140 Å². The van der Waals surface area contributed by atoms with Crippen molar-refractivity contribution in [1.29, 1.82) is 0 Å². The Hall–Kier alpha value is -1.71. The Bertz CT molecular complexity index is 1190. The van der Waals surface area contributed by atoms with Crippen LogP contribution >= 0.6 is 0 Å². The van der Waals surface area contributed by atoms with Crippen LogP contribution in [0.1, 0.15) is 127 Å². The predicted octanol–water partition coefficient (Wildman–Crippen LogP) is 5.42. The van der Waals surface area contributed by atoms with Crippen molar-refractivity contribution in [3.8, 4) is 0 Å². The molecule has 5 fully saturated rings. The van der Waals surface area contributed by atoms with E-state index in [1.54, 1.807) is 13.8 Å². The molecule has 0 aromatic carbocycles. The predicted molar refractivity (Wildman–Crippen MR) is 162 cm³/mol. The molecule has 250 valence electrons. The third kappa shape index (κ3) is 4.76. The molecular formula is C35H56O9. The molecule has 0 amide bonds. The van der Waals surface area contributed by atoms with Gasteiger partial charge in [-0.15, -0.1) is 0 Å². The van der Waals surface area contributed by atoms with Crippen molar-refractivity contribution >= 4 is 17.9 Å². The highest BCUT2D eigenvalue weighted by Crippen LogP contribution is 2.77. The highest BCUT2D eigenvalue weighted by atomic mass is 16.6. The van der Waals surface area contributed by atoms with Crippen LogP contribution in [0.25, 0.3) is 0 Å². The SMILES string of the molecule is CC(=O)O[C@@H]1C[C@@H]2[C@@]3(C)CC[C@H](OC(=O)CC(=O)O)C(C)(C)[C@@H]3CC[C@@]2(C)[C@]2(C)CC[C@](O)([C@]3(C)CC[C@@H](C(C)(C)O)O3)[C@@H]12. The number of aliphatic carboxylic acids is 1. The van der Waals surface area contributed by atoms with Crippen LogP contribution in [0, 0.1) is 39.4 Å². The van der Waals surface area contributed by atoms with E-state index in [0.717, 1.165) is 25.7 Å². The summed E-state index contributed by atoms with van der Waals surface area (Å²) in [6.45, 7) is 18.3. The summed E-state index contributed by atoms with van der Waals surface area (Å²) < 4.78 is 18.6. The fraction of sp³-hybridized carbons (Fsp3) is 0.914. The summed E-state index contributed by atoms with van der Waals surface area (Å²) in [7, 11) is 0. The lowest BCUT2D eigenvalue weighted by Crippen LogP contribution is -2.70. The molecule has 9 nitrogen and oxygen atoms in total. The van der Waals surface area contributed by atoms with Crippen LogP contribution < -0.4 is 0 Å².